The van der Waals surface area contributed by atoms with Gasteiger partial charge in [-0.3, -0.25) is 4.79 Å². The molecule has 1 aromatic heterocycles. The molecule has 3 N–H and O–H groups in total. The normalized spacial score (nSPS) is 17.9. The summed E-state index contributed by atoms with van der Waals surface area (Å²) in [6.07, 6.45) is 2.96. The number of imidazole rings is 1. The summed E-state index contributed by atoms with van der Waals surface area (Å²) in [5, 5.41) is 31.6. The van der Waals surface area contributed by atoms with Crippen LogP contribution in [0.5, 0.6) is 5.75 Å². The third-order valence-corrected chi connectivity index (χ3v) is 5.14. The molecule has 2 aliphatic rings. The van der Waals surface area contributed by atoms with Crippen molar-refractivity contribution in [2.24, 2.45) is 0 Å². The first kappa shape index (κ1) is 19.9. The molecule has 3 heterocycles. The molecular formula is C18H22BN3O6-2. The van der Waals surface area contributed by atoms with Gasteiger partial charge in [0.15, 0.2) is 0 Å². The summed E-state index contributed by atoms with van der Waals surface area (Å²) in [5.74, 6) is -1.49. The first-order valence-electron chi connectivity index (χ1n) is 8.77. The molecule has 0 spiro atoms. The van der Waals surface area contributed by atoms with E-state index in [0.29, 0.717) is 30.8 Å². The Labute approximate surface area is 162 Å². The van der Waals surface area contributed by atoms with E-state index in [1.807, 2.05) is 0 Å². The van der Waals surface area contributed by atoms with Crippen LogP contribution in [0.25, 0.3) is 0 Å². The van der Waals surface area contributed by atoms with Crippen molar-refractivity contribution in [2.45, 2.75) is 32.6 Å². The predicted octanol–water partition coefficient (Wildman–Crippen LogP) is -0.623. The lowest BCUT2D eigenvalue weighted by molar-refractivity contribution is -0.255. The van der Waals surface area contributed by atoms with Gasteiger partial charge in [-0.2, -0.15) is 0 Å². The van der Waals surface area contributed by atoms with Crippen LogP contribution in [0.15, 0.2) is 24.7 Å². The van der Waals surface area contributed by atoms with Crippen LogP contribution in [0.2, 0.25) is 6.32 Å². The molecule has 1 fully saturated rings. The first-order valence-corrected chi connectivity index (χ1v) is 8.77. The van der Waals surface area contributed by atoms with E-state index in [1.165, 1.54) is 12.5 Å². The molecule has 1 saturated heterocycles. The van der Waals surface area contributed by atoms with E-state index in [1.54, 1.807) is 17.0 Å². The number of carbonyl (C=O) groups is 2. The molecule has 0 atom stereocenters. The minimum atomic E-state index is -2.62. The number of H-pyrrole nitrogens is 1. The second-order valence-corrected chi connectivity index (χ2v) is 7.16. The number of amides is 1. The van der Waals surface area contributed by atoms with E-state index in [-0.39, 0.29) is 43.4 Å². The third-order valence-electron chi connectivity index (χ3n) is 5.14. The van der Waals surface area contributed by atoms with Crippen molar-refractivity contribution in [3.05, 3.63) is 47.0 Å². The van der Waals surface area contributed by atoms with Gasteiger partial charge in [-0.15, -0.1) is 12.6 Å². The standard InChI is InChI=1S/C17H19BN3O6.CH4/c22-16(13-6-19-9-20-13)21-7-11(8-21)27-14-2-1-10-3-4-18(25,26)5-12(10)15(14)17(23)24;/h1-2,6,9,11,25-26H,3-5,7-8H2,(H,19,20)(H,23,24);1H4/q-1;/p-1. The number of carbonyl (C=O) groups excluding carboxylic acids is 2. The van der Waals surface area contributed by atoms with Crippen LogP contribution in [-0.2, 0) is 12.7 Å². The Kier molecular flexibility index (Phi) is 5.18. The molecule has 1 amide bonds. The number of carboxylic acid groups (broad SMARTS) is 1. The van der Waals surface area contributed by atoms with Gasteiger partial charge < -0.3 is 34.6 Å². The minimum absolute atomic E-state index is 0. The molecule has 0 radical (unpaired) electrons. The number of benzene rings is 1. The largest absolute Gasteiger partial charge is 0.583 e. The molecule has 28 heavy (non-hydrogen) atoms. The Morgan fingerprint density at radius 2 is 2.07 bits per heavy atom. The number of aromatic nitrogens is 2. The zero-order chi connectivity index (χ0) is 19.2. The van der Waals surface area contributed by atoms with Gasteiger partial charge in [0, 0.05) is 5.56 Å². The molecule has 0 bridgehead atoms. The monoisotopic (exact) mass is 387 g/mol. The Morgan fingerprint density at radius 3 is 2.71 bits per heavy atom. The number of aromatic carboxylic acids is 1. The predicted molar refractivity (Wildman–Crippen MR) is 98.8 cm³/mol. The summed E-state index contributed by atoms with van der Waals surface area (Å²) in [4.78, 5) is 32.0. The molecule has 10 heteroatoms. The molecule has 1 aromatic carbocycles. The van der Waals surface area contributed by atoms with Gasteiger partial charge in [0.2, 0.25) is 6.55 Å². The van der Waals surface area contributed by atoms with E-state index in [9.17, 15) is 24.7 Å². The molecule has 9 nitrogen and oxygen atoms in total. The number of aromatic amines is 1. The van der Waals surface area contributed by atoms with E-state index in [4.69, 9.17) is 4.74 Å². The highest BCUT2D eigenvalue weighted by Crippen LogP contribution is 2.34. The second kappa shape index (κ2) is 7.29. The molecule has 2 aromatic rings. The lowest BCUT2D eigenvalue weighted by Crippen LogP contribution is -2.56. The van der Waals surface area contributed by atoms with Crippen molar-refractivity contribution in [1.29, 1.82) is 0 Å². The maximum Gasteiger partial charge on any atom is 0.272 e. The maximum atomic E-state index is 12.2. The third kappa shape index (κ3) is 3.60. The van der Waals surface area contributed by atoms with Crippen LogP contribution in [-0.4, -0.2) is 62.5 Å². The van der Waals surface area contributed by atoms with Gasteiger partial charge in [-0.1, -0.05) is 25.5 Å². The number of rotatable bonds is 4. The number of aryl methyl sites for hydroxylation is 1. The Balaban J connectivity index is 0.00000225. The lowest BCUT2D eigenvalue weighted by atomic mass is 9.47. The highest BCUT2D eigenvalue weighted by Gasteiger charge is 2.35. The molecule has 2 aliphatic heterocycles. The summed E-state index contributed by atoms with van der Waals surface area (Å²) in [5.41, 5.74) is 1.35. The Morgan fingerprint density at radius 1 is 1.32 bits per heavy atom. The molecule has 150 valence electrons. The quantitative estimate of drug-likeness (QED) is 0.594. The number of nitrogens with zero attached hydrogens (tertiary/aromatic N) is 2. The van der Waals surface area contributed by atoms with E-state index in [0.717, 1.165) is 5.56 Å². The van der Waals surface area contributed by atoms with E-state index < -0.39 is 12.5 Å². The molecule has 0 aliphatic carbocycles. The fourth-order valence-corrected chi connectivity index (χ4v) is 3.68. The number of fused-ring (bicyclic) bond motifs is 1. The molecule has 0 saturated carbocycles. The fourth-order valence-electron chi connectivity index (χ4n) is 3.68. The average molecular weight is 387 g/mol. The van der Waals surface area contributed by atoms with Crippen molar-refractivity contribution < 1.29 is 29.5 Å². The van der Waals surface area contributed by atoms with E-state index in [2.05, 4.69) is 9.97 Å². The number of hydrogen-bond acceptors (Lipinski definition) is 7. The number of nitrogens with one attached hydrogen (secondary N) is 1. The van der Waals surface area contributed by atoms with Gasteiger partial charge in [-0.25, -0.2) is 4.98 Å². The number of carboxylic acids is 1. The second-order valence-electron chi connectivity index (χ2n) is 7.16. The fraction of sp³-hybridized carbons (Fsp3) is 0.389. The maximum absolute atomic E-state index is 12.2. The average Bonchev–Trinajstić information content (AvgIpc) is 3.10. The highest BCUT2D eigenvalue weighted by molar-refractivity contribution is 6.64. The summed E-state index contributed by atoms with van der Waals surface area (Å²) in [6.45, 7) is -1.99. The summed E-state index contributed by atoms with van der Waals surface area (Å²) >= 11 is 0. The van der Waals surface area contributed by atoms with Gasteiger partial charge in [0.25, 0.3) is 5.91 Å². The Hall–Kier alpha value is -2.85. The van der Waals surface area contributed by atoms with Crippen molar-refractivity contribution >= 4 is 18.4 Å². The highest BCUT2D eigenvalue weighted by atomic mass is 16.5. The van der Waals surface area contributed by atoms with Gasteiger partial charge in [-0.05, 0) is 11.6 Å². The zero-order valence-corrected chi connectivity index (χ0v) is 14.4. The number of ether oxygens (including phenoxy) is 1. The lowest BCUT2D eigenvalue weighted by Gasteiger charge is -2.40. The van der Waals surface area contributed by atoms with Crippen LogP contribution in [0, 0.1) is 0 Å². The number of likely N-dealkylation sites (tertiary alicyclic amines) is 1. The molecular weight excluding hydrogens is 365 g/mol. The molecule has 4 rings (SSSR count). The van der Waals surface area contributed by atoms with Crippen molar-refractivity contribution in [1.82, 2.24) is 14.9 Å². The minimum Gasteiger partial charge on any atom is -0.583 e. The zero-order valence-electron chi connectivity index (χ0n) is 14.4. The van der Waals surface area contributed by atoms with Crippen LogP contribution in [0.4, 0.5) is 0 Å². The van der Waals surface area contributed by atoms with Crippen LogP contribution < -0.4 is 9.84 Å². The number of hydrogen-bond donors (Lipinski definition) is 3. The van der Waals surface area contributed by atoms with Crippen LogP contribution in [0.3, 0.4) is 0 Å². The van der Waals surface area contributed by atoms with Crippen molar-refractivity contribution in [3.63, 3.8) is 0 Å². The van der Waals surface area contributed by atoms with Gasteiger partial charge in [0.05, 0.1) is 31.6 Å². The van der Waals surface area contributed by atoms with E-state index >= 15 is 0 Å². The van der Waals surface area contributed by atoms with Gasteiger partial charge in [0.1, 0.15) is 17.5 Å². The smallest absolute Gasteiger partial charge is 0.272 e. The Bertz CT molecular complexity index is 893. The van der Waals surface area contributed by atoms with Crippen molar-refractivity contribution in [2.75, 3.05) is 13.1 Å². The first-order chi connectivity index (χ1) is 12.8. The summed E-state index contributed by atoms with van der Waals surface area (Å²) < 4.78 is 5.78. The van der Waals surface area contributed by atoms with Crippen LogP contribution >= 0.6 is 0 Å². The molecule has 0 unspecified atom stereocenters. The topological polar surface area (TPSA) is 139 Å². The van der Waals surface area contributed by atoms with Crippen LogP contribution in [0.1, 0.15) is 39.4 Å². The van der Waals surface area contributed by atoms with Crippen molar-refractivity contribution in [3.8, 4) is 5.75 Å². The summed E-state index contributed by atoms with van der Waals surface area (Å²) in [6, 6.07) is 3.31. The summed E-state index contributed by atoms with van der Waals surface area (Å²) in [7, 11) is 0. The SMILES string of the molecule is C.O=C([O-])c1c(OC2CN(C(=O)c3cnc[nH]3)C2)ccc2c1C[B-](O)(O)CC2. The van der Waals surface area contributed by atoms with Gasteiger partial charge >= 0.3 is 0 Å².